The molecule has 0 N–H and O–H groups in total. The average molecular weight is 371 g/mol. The van der Waals surface area contributed by atoms with E-state index >= 15 is 0 Å². The second-order valence-corrected chi connectivity index (χ2v) is 6.60. The van der Waals surface area contributed by atoms with Crippen LogP contribution in [-0.4, -0.2) is 23.2 Å². The van der Waals surface area contributed by atoms with Crippen LogP contribution in [0.2, 0.25) is 0 Å². The number of esters is 1. The van der Waals surface area contributed by atoms with Crippen LogP contribution in [0, 0.1) is 0 Å². The number of carbonyl (C=O) groups is 1. The normalized spacial score (nSPS) is 15.3. The summed E-state index contributed by atoms with van der Waals surface area (Å²) in [5, 5.41) is 2.43. The van der Waals surface area contributed by atoms with Gasteiger partial charge in [-0.05, 0) is 6.07 Å². The maximum atomic E-state index is 11.3. The number of hydrogen-bond donors (Lipinski definition) is 0. The van der Waals surface area contributed by atoms with Gasteiger partial charge in [0.2, 0.25) is 0 Å². The Kier molecular flexibility index (Phi) is 3.60. The maximum absolute atomic E-state index is 11.3. The predicted octanol–water partition coefficient (Wildman–Crippen LogP) is 3.41. The molecule has 1 aromatic rings. The fourth-order valence-electron chi connectivity index (χ4n) is 1.26. The highest BCUT2D eigenvalue weighted by Crippen LogP contribution is 2.39. The Hall–Kier alpha value is -0.470. The monoisotopic (exact) mass is 370 g/mol. The molecule has 4 nitrogen and oxygen atoms in total. The summed E-state index contributed by atoms with van der Waals surface area (Å²) in [5.41, 5.74) is 1.83. The molecule has 1 aliphatic rings. The number of ether oxygens (including phenoxy) is 1. The van der Waals surface area contributed by atoms with Gasteiger partial charge in [-0.15, -0.1) is 11.3 Å². The van der Waals surface area contributed by atoms with E-state index in [0.29, 0.717) is 10.0 Å². The van der Waals surface area contributed by atoms with E-state index in [2.05, 4.69) is 7.88 Å². The summed E-state index contributed by atoms with van der Waals surface area (Å²) in [6.45, 7) is 0. The SMILES string of the molecule is COC(=O)c1cc(C2=C(Cl)N=IN2C)cs1. The fraction of sp³-hybridized carbons (Fsp3) is 0.222. The number of halogens is 2. The number of nitrogens with zero attached hydrogens (tertiary/aromatic N) is 2. The predicted molar refractivity (Wildman–Crippen MR) is 72.6 cm³/mol. The Morgan fingerprint density at radius 3 is 3.00 bits per heavy atom. The van der Waals surface area contributed by atoms with Crippen molar-refractivity contribution in [3.05, 3.63) is 27.0 Å². The van der Waals surface area contributed by atoms with Crippen LogP contribution in [0.5, 0.6) is 0 Å². The summed E-state index contributed by atoms with van der Waals surface area (Å²) >= 11 is 6.97. The Balaban J connectivity index is 2.33. The van der Waals surface area contributed by atoms with Crippen molar-refractivity contribution in [3.8, 4) is 0 Å². The molecule has 0 amide bonds. The third kappa shape index (κ3) is 2.14. The van der Waals surface area contributed by atoms with Gasteiger partial charge in [0.15, 0.2) is 5.16 Å². The van der Waals surface area contributed by atoms with Crippen molar-refractivity contribution in [2.75, 3.05) is 14.2 Å². The number of rotatable bonds is 2. The van der Waals surface area contributed by atoms with Gasteiger partial charge in [0.25, 0.3) is 0 Å². The molecule has 2 rings (SSSR count). The Labute approximate surface area is 112 Å². The van der Waals surface area contributed by atoms with Gasteiger partial charge in [-0.2, -0.15) is 3.15 Å². The summed E-state index contributed by atoms with van der Waals surface area (Å²) in [4.78, 5) is 11.9. The molecule has 0 atom stereocenters. The molecule has 0 aliphatic carbocycles. The van der Waals surface area contributed by atoms with Gasteiger partial charge >= 0.3 is 5.97 Å². The van der Waals surface area contributed by atoms with Crippen molar-refractivity contribution in [1.82, 2.24) is 3.11 Å². The highest BCUT2D eigenvalue weighted by molar-refractivity contribution is 14.1. The minimum atomic E-state index is -0.396. The molecule has 0 bridgehead atoms. The smallest absolute Gasteiger partial charge is 0.348 e. The number of methoxy groups -OCH3 is 1. The Bertz CT molecular complexity index is 497. The van der Waals surface area contributed by atoms with E-state index in [4.69, 9.17) is 11.6 Å². The maximum Gasteiger partial charge on any atom is 0.348 e. The van der Waals surface area contributed by atoms with Crippen molar-refractivity contribution < 1.29 is 9.53 Å². The van der Waals surface area contributed by atoms with Crippen molar-refractivity contribution in [1.29, 1.82) is 0 Å². The first kappa shape index (κ1) is 12.0. The third-order valence-corrected chi connectivity index (χ3v) is 5.28. The topological polar surface area (TPSA) is 41.9 Å². The van der Waals surface area contributed by atoms with Gasteiger partial charge in [-0.1, -0.05) is 11.6 Å². The first-order chi connectivity index (χ1) is 7.63. The highest BCUT2D eigenvalue weighted by atomic mass is 127. The second kappa shape index (κ2) is 4.80. The van der Waals surface area contributed by atoms with Crippen LogP contribution in [-0.2, 0) is 4.74 Å². The van der Waals surface area contributed by atoms with Crippen molar-refractivity contribution in [2.45, 2.75) is 0 Å². The van der Waals surface area contributed by atoms with Crippen LogP contribution in [0.1, 0.15) is 15.2 Å². The lowest BCUT2D eigenvalue weighted by Crippen LogP contribution is -2.01. The van der Waals surface area contributed by atoms with Crippen molar-refractivity contribution in [2.24, 2.45) is 3.15 Å². The molecule has 7 heteroatoms. The van der Waals surface area contributed by atoms with Gasteiger partial charge in [0.1, 0.15) is 26.2 Å². The lowest BCUT2D eigenvalue weighted by Gasteiger charge is -2.09. The van der Waals surface area contributed by atoms with Crippen LogP contribution in [0.15, 0.2) is 19.7 Å². The molecule has 16 heavy (non-hydrogen) atoms. The van der Waals surface area contributed by atoms with E-state index in [9.17, 15) is 4.79 Å². The van der Waals surface area contributed by atoms with Crippen molar-refractivity contribution in [3.63, 3.8) is 0 Å². The minimum Gasteiger partial charge on any atom is -0.465 e. The molecule has 0 spiro atoms. The van der Waals surface area contributed by atoms with E-state index in [1.54, 1.807) is 6.07 Å². The number of hydrogen-bond acceptors (Lipinski definition) is 5. The molecular formula is C9H8ClIN2O2S. The molecule has 0 saturated carbocycles. The molecule has 0 unspecified atom stereocenters. The molecule has 1 aliphatic heterocycles. The fourth-order valence-corrected chi connectivity index (χ4v) is 4.10. The van der Waals surface area contributed by atoms with Crippen LogP contribution in [0.25, 0.3) is 5.70 Å². The van der Waals surface area contributed by atoms with Crippen molar-refractivity contribution >= 4 is 55.9 Å². The van der Waals surface area contributed by atoms with E-state index in [1.165, 1.54) is 18.4 Å². The summed E-state index contributed by atoms with van der Waals surface area (Å²) in [7, 11) is 3.33. The summed E-state index contributed by atoms with van der Waals surface area (Å²) in [6, 6.07) is 1.79. The van der Waals surface area contributed by atoms with Gasteiger partial charge in [-0.3, -0.25) is 0 Å². The molecule has 0 aromatic carbocycles. The van der Waals surface area contributed by atoms with Crippen LogP contribution in [0.4, 0.5) is 0 Å². The molecule has 2 heterocycles. The molecule has 1 aromatic heterocycles. The Morgan fingerprint density at radius 2 is 2.44 bits per heavy atom. The van der Waals surface area contributed by atoms with E-state index < -0.39 is 21.3 Å². The molecule has 0 fully saturated rings. The van der Waals surface area contributed by atoms with Crippen LogP contribution < -0.4 is 0 Å². The van der Waals surface area contributed by atoms with E-state index in [1.807, 2.05) is 15.5 Å². The molecule has 0 saturated heterocycles. The quantitative estimate of drug-likeness (QED) is 0.347. The Morgan fingerprint density at radius 1 is 1.69 bits per heavy atom. The van der Waals surface area contributed by atoms with Gasteiger partial charge in [0.05, 0.1) is 12.8 Å². The summed E-state index contributed by atoms with van der Waals surface area (Å²) < 4.78 is 10.9. The van der Waals surface area contributed by atoms with Gasteiger partial charge < -0.3 is 7.85 Å². The average Bonchev–Trinajstić information content (AvgIpc) is 2.85. The summed E-state index contributed by atoms with van der Waals surface area (Å²) in [6.07, 6.45) is 0. The second-order valence-electron chi connectivity index (χ2n) is 2.97. The highest BCUT2D eigenvalue weighted by Gasteiger charge is 2.20. The lowest BCUT2D eigenvalue weighted by atomic mass is 10.2. The number of carbonyl (C=O) groups excluding carboxylic acids is 1. The zero-order valence-electron chi connectivity index (χ0n) is 8.53. The zero-order valence-corrected chi connectivity index (χ0v) is 12.3. The van der Waals surface area contributed by atoms with Gasteiger partial charge in [0, 0.05) is 18.0 Å². The lowest BCUT2D eigenvalue weighted by molar-refractivity contribution is 0.0606. The van der Waals surface area contributed by atoms with E-state index in [0.717, 1.165) is 11.3 Å². The summed E-state index contributed by atoms with van der Waals surface area (Å²) in [5.74, 6) is -0.319. The van der Waals surface area contributed by atoms with E-state index in [-0.39, 0.29) is 5.97 Å². The first-order valence-electron chi connectivity index (χ1n) is 4.29. The molecular weight excluding hydrogens is 363 g/mol. The standard InChI is InChI=1S/C9H8ClIN2O2S/c1-13-7(8(10)12-11-13)5-3-6(16-4-5)9(14)15-2/h3-4H,1-2H3. The van der Waals surface area contributed by atoms with Gasteiger partial charge in [-0.25, -0.2) is 4.79 Å². The third-order valence-electron chi connectivity index (χ3n) is 1.99. The first-order valence-corrected chi connectivity index (χ1v) is 7.48. The zero-order chi connectivity index (χ0) is 11.7. The number of thiophene rings is 1. The molecule has 0 radical (unpaired) electrons. The molecule has 86 valence electrons. The largest absolute Gasteiger partial charge is 0.465 e. The minimum absolute atomic E-state index is 0.319. The van der Waals surface area contributed by atoms with Crippen LogP contribution >= 0.6 is 44.2 Å². The van der Waals surface area contributed by atoms with Crippen LogP contribution in [0.3, 0.4) is 0 Å².